The molecular formula is C14H16N6. The fraction of sp³-hybridized carbons (Fsp3) is 0.214. The second-order valence-corrected chi connectivity index (χ2v) is 4.70. The van der Waals surface area contributed by atoms with Crippen LogP contribution >= 0.6 is 0 Å². The highest BCUT2D eigenvalue weighted by Gasteiger charge is 2.05. The molecule has 0 unspecified atom stereocenters. The number of aryl methyl sites for hydroxylation is 2. The Labute approximate surface area is 116 Å². The van der Waals surface area contributed by atoms with Gasteiger partial charge in [0.1, 0.15) is 5.82 Å². The van der Waals surface area contributed by atoms with E-state index in [1.165, 1.54) is 0 Å². The van der Waals surface area contributed by atoms with Crippen molar-refractivity contribution in [2.24, 2.45) is 0 Å². The molecule has 2 heterocycles. The number of rotatable bonds is 4. The summed E-state index contributed by atoms with van der Waals surface area (Å²) in [6.07, 6.45) is 1.84. The highest BCUT2D eigenvalue weighted by molar-refractivity contribution is 5.62. The van der Waals surface area contributed by atoms with Crippen LogP contribution in [0.4, 0.5) is 5.69 Å². The molecule has 0 saturated heterocycles. The van der Waals surface area contributed by atoms with E-state index in [4.69, 9.17) is 0 Å². The van der Waals surface area contributed by atoms with E-state index in [2.05, 4.69) is 30.7 Å². The number of hydrogen-bond acceptors (Lipinski definition) is 4. The third-order valence-corrected chi connectivity index (χ3v) is 3.14. The van der Waals surface area contributed by atoms with Crippen molar-refractivity contribution in [1.29, 1.82) is 0 Å². The Bertz CT molecular complexity index is 712. The fourth-order valence-corrected chi connectivity index (χ4v) is 1.99. The summed E-state index contributed by atoms with van der Waals surface area (Å²) in [5.41, 5.74) is 4.26. The number of H-pyrrole nitrogens is 2. The number of anilines is 1. The summed E-state index contributed by atoms with van der Waals surface area (Å²) in [6.45, 7) is 4.63. The minimum absolute atomic E-state index is 0.714. The molecule has 0 spiro atoms. The maximum atomic E-state index is 4.34. The van der Waals surface area contributed by atoms with E-state index in [9.17, 15) is 0 Å². The highest BCUT2D eigenvalue weighted by Crippen LogP contribution is 2.19. The van der Waals surface area contributed by atoms with Crippen LogP contribution in [0.15, 0.2) is 30.5 Å². The average Bonchev–Trinajstić information content (AvgIpc) is 3.06. The van der Waals surface area contributed by atoms with Crippen LogP contribution in [0.2, 0.25) is 0 Å². The van der Waals surface area contributed by atoms with Crippen molar-refractivity contribution in [3.8, 4) is 11.4 Å². The van der Waals surface area contributed by atoms with Crippen LogP contribution in [0.5, 0.6) is 0 Å². The lowest BCUT2D eigenvalue weighted by molar-refractivity contribution is 1.04. The van der Waals surface area contributed by atoms with Gasteiger partial charge in [0, 0.05) is 29.1 Å². The van der Waals surface area contributed by atoms with Crippen LogP contribution in [-0.2, 0) is 6.54 Å². The largest absolute Gasteiger partial charge is 0.381 e. The summed E-state index contributed by atoms with van der Waals surface area (Å²) in [4.78, 5) is 4.34. The molecule has 6 nitrogen and oxygen atoms in total. The zero-order valence-electron chi connectivity index (χ0n) is 11.4. The third kappa shape index (κ3) is 2.54. The molecule has 0 fully saturated rings. The van der Waals surface area contributed by atoms with E-state index < -0.39 is 0 Å². The zero-order chi connectivity index (χ0) is 13.9. The lowest BCUT2D eigenvalue weighted by atomic mass is 10.2. The topological polar surface area (TPSA) is 82.3 Å². The summed E-state index contributed by atoms with van der Waals surface area (Å²) < 4.78 is 0. The Morgan fingerprint density at radius 1 is 1.20 bits per heavy atom. The first kappa shape index (κ1) is 12.4. The Morgan fingerprint density at radius 3 is 2.80 bits per heavy atom. The minimum Gasteiger partial charge on any atom is -0.381 e. The van der Waals surface area contributed by atoms with E-state index in [1.54, 1.807) is 0 Å². The molecule has 3 rings (SSSR count). The number of hydrogen-bond donors (Lipinski definition) is 3. The van der Waals surface area contributed by atoms with Crippen molar-refractivity contribution in [3.05, 3.63) is 47.5 Å². The standard InChI is InChI=1S/C14H16N6/c1-9-12(8-16-18-9)7-15-13-5-3-4-11(6-13)14-17-10(2)19-20-14/h3-6,8,15H,7H2,1-2H3,(H,16,18)(H,17,19,20). The number of nitrogens with one attached hydrogen (secondary N) is 3. The summed E-state index contributed by atoms with van der Waals surface area (Å²) in [6, 6.07) is 8.05. The Balaban J connectivity index is 1.76. The fourth-order valence-electron chi connectivity index (χ4n) is 1.99. The predicted octanol–water partition coefficient (Wildman–Crippen LogP) is 2.42. The van der Waals surface area contributed by atoms with Crippen LogP contribution < -0.4 is 5.32 Å². The van der Waals surface area contributed by atoms with Crippen LogP contribution in [0.1, 0.15) is 17.1 Å². The molecule has 20 heavy (non-hydrogen) atoms. The van der Waals surface area contributed by atoms with E-state index >= 15 is 0 Å². The quantitative estimate of drug-likeness (QED) is 0.678. The van der Waals surface area contributed by atoms with E-state index in [1.807, 2.05) is 44.3 Å². The first-order valence-electron chi connectivity index (χ1n) is 6.44. The van der Waals surface area contributed by atoms with Gasteiger partial charge in [0.2, 0.25) is 0 Å². The van der Waals surface area contributed by atoms with Gasteiger partial charge in [-0.2, -0.15) is 10.2 Å². The second kappa shape index (κ2) is 5.16. The molecule has 3 N–H and O–H groups in total. The van der Waals surface area contributed by atoms with Crippen molar-refractivity contribution in [2.45, 2.75) is 20.4 Å². The highest BCUT2D eigenvalue weighted by atomic mass is 15.2. The average molecular weight is 268 g/mol. The summed E-state index contributed by atoms with van der Waals surface area (Å²) in [7, 11) is 0. The van der Waals surface area contributed by atoms with Crippen molar-refractivity contribution in [1.82, 2.24) is 25.4 Å². The first-order valence-corrected chi connectivity index (χ1v) is 6.44. The molecule has 2 aromatic heterocycles. The molecule has 0 saturated carbocycles. The Kier molecular flexibility index (Phi) is 3.20. The van der Waals surface area contributed by atoms with E-state index in [0.717, 1.165) is 34.9 Å². The maximum absolute atomic E-state index is 4.34. The number of aromatic nitrogens is 5. The van der Waals surface area contributed by atoms with Gasteiger partial charge in [0.25, 0.3) is 0 Å². The normalized spacial score (nSPS) is 10.7. The number of aromatic amines is 2. The first-order chi connectivity index (χ1) is 9.72. The van der Waals surface area contributed by atoms with Crippen LogP contribution in [-0.4, -0.2) is 25.4 Å². The van der Waals surface area contributed by atoms with Gasteiger partial charge in [0.05, 0.1) is 6.20 Å². The molecule has 0 aliphatic carbocycles. The molecule has 6 heteroatoms. The molecule has 0 aliphatic heterocycles. The SMILES string of the molecule is Cc1nc(-c2cccc(NCc3cn[nH]c3C)c2)n[nH]1. The Hall–Kier alpha value is -2.63. The van der Waals surface area contributed by atoms with Gasteiger partial charge in [-0.1, -0.05) is 12.1 Å². The molecule has 3 aromatic rings. The zero-order valence-corrected chi connectivity index (χ0v) is 11.4. The van der Waals surface area contributed by atoms with E-state index in [-0.39, 0.29) is 0 Å². The molecule has 0 radical (unpaired) electrons. The monoisotopic (exact) mass is 268 g/mol. The van der Waals surface area contributed by atoms with E-state index in [0.29, 0.717) is 5.82 Å². The third-order valence-electron chi connectivity index (χ3n) is 3.14. The van der Waals surface area contributed by atoms with Gasteiger partial charge in [-0.05, 0) is 26.0 Å². The summed E-state index contributed by atoms with van der Waals surface area (Å²) >= 11 is 0. The molecule has 0 atom stereocenters. The predicted molar refractivity (Wildman–Crippen MR) is 77.2 cm³/mol. The van der Waals surface area contributed by atoms with Crippen LogP contribution in [0.25, 0.3) is 11.4 Å². The second-order valence-electron chi connectivity index (χ2n) is 4.70. The molecule has 1 aromatic carbocycles. The molecule has 0 bridgehead atoms. The molecule has 102 valence electrons. The maximum Gasteiger partial charge on any atom is 0.181 e. The van der Waals surface area contributed by atoms with Gasteiger partial charge in [-0.3, -0.25) is 10.2 Å². The molecule has 0 aliphatic rings. The van der Waals surface area contributed by atoms with Crippen molar-refractivity contribution in [3.63, 3.8) is 0 Å². The van der Waals surface area contributed by atoms with Crippen LogP contribution in [0.3, 0.4) is 0 Å². The van der Waals surface area contributed by atoms with Crippen LogP contribution in [0, 0.1) is 13.8 Å². The number of nitrogens with zero attached hydrogens (tertiary/aromatic N) is 3. The smallest absolute Gasteiger partial charge is 0.181 e. The minimum atomic E-state index is 0.714. The van der Waals surface area contributed by atoms with Gasteiger partial charge in [0.15, 0.2) is 5.82 Å². The lowest BCUT2D eigenvalue weighted by Gasteiger charge is -2.06. The van der Waals surface area contributed by atoms with Gasteiger partial charge < -0.3 is 5.32 Å². The number of benzene rings is 1. The molecule has 0 amide bonds. The Morgan fingerprint density at radius 2 is 2.10 bits per heavy atom. The van der Waals surface area contributed by atoms with Crippen molar-refractivity contribution < 1.29 is 0 Å². The van der Waals surface area contributed by atoms with Gasteiger partial charge >= 0.3 is 0 Å². The van der Waals surface area contributed by atoms with Crippen molar-refractivity contribution in [2.75, 3.05) is 5.32 Å². The summed E-state index contributed by atoms with van der Waals surface area (Å²) in [5.74, 6) is 1.53. The summed E-state index contributed by atoms with van der Waals surface area (Å²) in [5, 5.41) is 17.3. The van der Waals surface area contributed by atoms with Gasteiger partial charge in [-0.15, -0.1) is 0 Å². The lowest BCUT2D eigenvalue weighted by Crippen LogP contribution is -2.00. The molecular weight excluding hydrogens is 252 g/mol. The van der Waals surface area contributed by atoms with Gasteiger partial charge in [-0.25, -0.2) is 4.98 Å². The van der Waals surface area contributed by atoms with Crippen molar-refractivity contribution >= 4 is 5.69 Å².